The van der Waals surface area contributed by atoms with Crippen LogP contribution in [0.2, 0.25) is 0 Å². The zero-order chi connectivity index (χ0) is 11.0. The van der Waals surface area contributed by atoms with Gasteiger partial charge >= 0.3 is 0 Å². The van der Waals surface area contributed by atoms with Crippen LogP contribution in [0.5, 0.6) is 0 Å². The number of hydrogen-bond acceptors (Lipinski definition) is 3. The number of piperidine rings is 1. The molecule has 0 amide bonds. The van der Waals surface area contributed by atoms with Crippen molar-refractivity contribution in [1.82, 2.24) is 10.3 Å². The fourth-order valence-corrected chi connectivity index (χ4v) is 2.29. The average Bonchev–Trinajstić information content (AvgIpc) is 2.73. The fourth-order valence-electron chi connectivity index (χ4n) is 2.29. The second-order valence-electron chi connectivity index (χ2n) is 4.57. The molecule has 1 aliphatic heterocycles. The van der Waals surface area contributed by atoms with Crippen molar-refractivity contribution in [2.75, 3.05) is 13.1 Å². The van der Waals surface area contributed by atoms with E-state index >= 15 is 0 Å². The van der Waals surface area contributed by atoms with Crippen LogP contribution < -0.4 is 5.32 Å². The van der Waals surface area contributed by atoms with Crippen molar-refractivity contribution in [2.45, 2.75) is 25.7 Å². The molecule has 84 valence electrons. The van der Waals surface area contributed by atoms with Gasteiger partial charge in [-0.2, -0.15) is 0 Å². The van der Waals surface area contributed by atoms with E-state index in [4.69, 9.17) is 4.42 Å². The second-order valence-corrected chi connectivity index (χ2v) is 4.57. The summed E-state index contributed by atoms with van der Waals surface area (Å²) in [7, 11) is 0. The third kappa shape index (κ3) is 1.71. The standard InChI is InChI=1S/C13H16N2O/c1-9-4-5-11-12(7-9)16-13(15-11)10-3-2-6-14-8-10/h4-5,7,10,14H,2-3,6,8H2,1H3/t10-/m1/s1. The molecule has 1 saturated heterocycles. The Bertz CT molecular complexity index is 498. The highest BCUT2D eigenvalue weighted by molar-refractivity contribution is 5.73. The molecule has 0 bridgehead atoms. The molecule has 16 heavy (non-hydrogen) atoms. The summed E-state index contributed by atoms with van der Waals surface area (Å²) in [5.41, 5.74) is 3.11. The predicted molar refractivity (Wildman–Crippen MR) is 63.6 cm³/mol. The Balaban J connectivity index is 1.97. The molecule has 1 atom stereocenters. The van der Waals surface area contributed by atoms with Crippen LogP contribution in [0.3, 0.4) is 0 Å². The van der Waals surface area contributed by atoms with Crippen molar-refractivity contribution in [2.24, 2.45) is 0 Å². The molecule has 1 aromatic carbocycles. The van der Waals surface area contributed by atoms with Gasteiger partial charge in [0.1, 0.15) is 5.52 Å². The van der Waals surface area contributed by atoms with Gasteiger partial charge in [-0.15, -0.1) is 0 Å². The zero-order valence-corrected chi connectivity index (χ0v) is 9.49. The van der Waals surface area contributed by atoms with Gasteiger partial charge in [0.15, 0.2) is 11.5 Å². The van der Waals surface area contributed by atoms with Crippen molar-refractivity contribution >= 4 is 11.1 Å². The van der Waals surface area contributed by atoms with Crippen LogP contribution in [-0.2, 0) is 0 Å². The molecule has 2 aromatic rings. The van der Waals surface area contributed by atoms with Crippen molar-refractivity contribution in [3.05, 3.63) is 29.7 Å². The van der Waals surface area contributed by atoms with E-state index in [-0.39, 0.29) is 0 Å². The van der Waals surface area contributed by atoms with E-state index in [9.17, 15) is 0 Å². The van der Waals surface area contributed by atoms with Gasteiger partial charge in [-0.05, 0) is 44.0 Å². The molecule has 1 aliphatic rings. The summed E-state index contributed by atoms with van der Waals surface area (Å²) >= 11 is 0. The third-order valence-corrected chi connectivity index (χ3v) is 3.21. The van der Waals surface area contributed by atoms with Crippen molar-refractivity contribution in [3.8, 4) is 0 Å². The Labute approximate surface area is 94.9 Å². The Morgan fingerprint density at radius 1 is 1.44 bits per heavy atom. The van der Waals surface area contributed by atoms with Crippen molar-refractivity contribution in [3.63, 3.8) is 0 Å². The summed E-state index contributed by atoms with van der Waals surface area (Å²) in [6.07, 6.45) is 2.39. The molecule has 3 nitrogen and oxygen atoms in total. The lowest BCUT2D eigenvalue weighted by atomic mass is 10.00. The average molecular weight is 216 g/mol. The molecule has 1 fully saturated rings. The van der Waals surface area contributed by atoms with Gasteiger partial charge < -0.3 is 9.73 Å². The maximum absolute atomic E-state index is 5.84. The number of aromatic nitrogens is 1. The number of oxazole rings is 1. The topological polar surface area (TPSA) is 38.1 Å². The highest BCUT2D eigenvalue weighted by atomic mass is 16.3. The summed E-state index contributed by atoms with van der Waals surface area (Å²) in [5, 5.41) is 3.39. The quantitative estimate of drug-likeness (QED) is 0.796. The Morgan fingerprint density at radius 3 is 3.19 bits per heavy atom. The van der Waals surface area contributed by atoms with E-state index in [2.05, 4.69) is 29.4 Å². The van der Waals surface area contributed by atoms with Gasteiger partial charge in [0, 0.05) is 12.5 Å². The first-order valence-corrected chi connectivity index (χ1v) is 5.91. The van der Waals surface area contributed by atoms with Gasteiger partial charge in [0.05, 0.1) is 0 Å². The molecule has 0 aliphatic carbocycles. The lowest BCUT2D eigenvalue weighted by Crippen LogP contribution is -2.28. The summed E-state index contributed by atoms with van der Waals surface area (Å²) in [6, 6.07) is 6.17. The molecular formula is C13H16N2O. The summed E-state index contributed by atoms with van der Waals surface area (Å²) in [4.78, 5) is 4.57. The SMILES string of the molecule is Cc1ccc2nc([C@@H]3CCCNC3)oc2c1. The van der Waals surface area contributed by atoms with Gasteiger partial charge in [0.2, 0.25) is 0 Å². The summed E-state index contributed by atoms with van der Waals surface area (Å²) in [6.45, 7) is 4.19. The monoisotopic (exact) mass is 216 g/mol. The minimum absolute atomic E-state index is 0.446. The molecule has 0 spiro atoms. The summed E-state index contributed by atoms with van der Waals surface area (Å²) in [5.74, 6) is 1.34. The number of nitrogens with zero attached hydrogens (tertiary/aromatic N) is 1. The second kappa shape index (κ2) is 3.91. The maximum atomic E-state index is 5.84. The summed E-state index contributed by atoms with van der Waals surface area (Å²) < 4.78 is 5.84. The van der Waals surface area contributed by atoms with E-state index in [0.717, 1.165) is 30.1 Å². The smallest absolute Gasteiger partial charge is 0.199 e. The van der Waals surface area contributed by atoms with E-state index in [1.165, 1.54) is 18.4 Å². The van der Waals surface area contributed by atoms with Gasteiger partial charge in [-0.3, -0.25) is 0 Å². The first-order chi connectivity index (χ1) is 7.83. The molecule has 3 rings (SSSR count). The van der Waals surface area contributed by atoms with Crippen LogP contribution in [0.15, 0.2) is 22.6 Å². The van der Waals surface area contributed by atoms with Crippen molar-refractivity contribution < 1.29 is 4.42 Å². The highest BCUT2D eigenvalue weighted by Crippen LogP contribution is 2.26. The van der Waals surface area contributed by atoms with Crippen molar-refractivity contribution in [1.29, 1.82) is 0 Å². The van der Waals surface area contributed by atoms with Crippen LogP contribution >= 0.6 is 0 Å². The largest absolute Gasteiger partial charge is 0.440 e. The van der Waals surface area contributed by atoms with Crippen LogP contribution in [0.4, 0.5) is 0 Å². The minimum atomic E-state index is 0.446. The third-order valence-electron chi connectivity index (χ3n) is 3.21. The van der Waals surface area contributed by atoms with Crippen LogP contribution in [0, 0.1) is 6.92 Å². The van der Waals surface area contributed by atoms with Gasteiger partial charge in [-0.1, -0.05) is 6.07 Å². The zero-order valence-electron chi connectivity index (χ0n) is 9.49. The number of benzene rings is 1. The lowest BCUT2D eigenvalue weighted by Gasteiger charge is -2.19. The van der Waals surface area contributed by atoms with Crippen LogP contribution in [0.25, 0.3) is 11.1 Å². The number of fused-ring (bicyclic) bond motifs is 1. The Kier molecular flexibility index (Phi) is 2.40. The van der Waals surface area contributed by atoms with Gasteiger partial charge in [-0.25, -0.2) is 4.98 Å². The first-order valence-electron chi connectivity index (χ1n) is 5.91. The molecule has 3 heteroatoms. The number of hydrogen-bond donors (Lipinski definition) is 1. The van der Waals surface area contributed by atoms with E-state index in [0.29, 0.717) is 5.92 Å². The molecule has 0 unspecified atom stereocenters. The highest BCUT2D eigenvalue weighted by Gasteiger charge is 2.20. The van der Waals surface area contributed by atoms with E-state index < -0.39 is 0 Å². The molecule has 1 N–H and O–H groups in total. The molecule has 1 aromatic heterocycles. The van der Waals surface area contributed by atoms with Crippen LogP contribution in [-0.4, -0.2) is 18.1 Å². The number of rotatable bonds is 1. The Hall–Kier alpha value is -1.35. The fraction of sp³-hybridized carbons (Fsp3) is 0.462. The Morgan fingerprint density at radius 2 is 2.38 bits per heavy atom. The maximum Gasteiger partial charge on any atom is 0.199 e. The molecule has 0 radical (unpaired) electrons. The predicted octanol–water partition coefficient (Wildman–Crippen LogP) is 2.60. The lowest BCUT2D eigenvalue weighted by molar-refractivity contribution is 0.387. The van der Waals surface area contributed by atoms with Crippen LogP contribution in [0.1, 0.15) is 30.2 Å². The van der Waals surface area contributed by atoms with E-state index in [1.54, 1.807) is 0 Å². The molecule has 0 saturated carbocycles. The number of nitrogens with one attached hydrogen (secondary N) is 1. The number of aryl methyl sites for hydroxylation is 1. The van der Waals surface area contributed by atoms with Gasteiger partial charge in [0.25, 0.3) is 0 Å². The minimum Gasteiger partial charge on any atom is -0.440 e. The molecular weight excluding hydrogens is 200 g/mol. The normalized spacial score (nSPS) is 21.4. The molecule has 2 heterocycles. The first kappa shape index (κ1) is 9.85. The van der Waals surface area contributed by atoms with E-state index in [1.807, 2.05) is 6.07 Å².